The van der Waals surface area contributed by atoms with Crippen LogP contribution in [0.1, 0.15) is 25.7 Å². The van der Waals surface area contributed by atoms with E-state index in [1.165, 1.54) is 11.2 Å². The molecule has 1 N–H and O–H groups in total. The number of amides is 2. The molecule has 2 aromatic carbocycles. The zero-order valence-corrected chi connectivity index (χ0v) is 17.8. The molecule has 0 atom stereocenters. The first-order valence-corrected chi connectivity index (χ1v) is 10.8. The zero-order chi connectivity index (χ0) is 23.0. The lowest BCUT2D eigenvalue weighted by Crippen LogP contribution is -2.61. The van der Waals surface area contributed by atoms with Crippen LogP contribution in [-0.4, -0.2) is 39.5 Å². The Labute approximate surface area is 189 Å². The number of nitrogens with one attached hydrogen (secondary N) is 1. The highest BCUT2D eigenvalue weighted by Crippen LogP contribution is 2.45. The molecule has 2 amide bonds. The standard InChI is InChI=1S/C24H22N4O5/c29-20(14-33-21(30)13-27-15-25-17-8-2-1-7-16(17)22(27)31)28-19-10-4-3-9-18(19)26-23(32)24(28)11-5-6-12-24/h1-4,7-10,15H,5-6,11-14H2,(H,26,32). The molecule has 168 valence electrons. The van der Waals surface area contributed by atoms with Crippen molar-refractivity contribution in [3.63, 3.8) is 0 Å². The highest BCUT2D eigenvalue weighted by Gasteiger charge is 2.52. The molecule has 1 saturated carbocycles. The van der Waals surface area contributed by atoms with Crippen LogP contribution in [-0.2, 0) is 25.7 Å². The summed E-state index contributed by atoms with van der Waals surface area (Å²) in [5.41, 5.74) is 0.335. The molecule has 1 aliphatic carbocycles. The molecule has 1 fully saturated rings. The van der Waals surface area contributed by atoms with Gasteiger partial charge in [-0.25, -0.2) is 4.98 Å². The summed E-state index contributed by atoms with van der Waals surface area (Å²) in [7, 11) is 0. The maximum absolute atomic E-state index is 13.3. The lowest BCUT2D eigenvalue weighted by atomic mass is 9.90. The van der Waals surface area contributed by atoms with Crippen LogP contribution < -0.4 is 15.8 Å². The van der Waals surface area contributed by atoms with Crippen molar-refractivity contribution in [2.45, 2.75) is 37.8 Å². The van der Waals surface area contributed by atoms with Crippen LogP contribution in [0.3, 0.4) is 0 Å². The van der Waals surface area contributed by atoms with Crippen molar-refractivity contribution >= 4 is 40.1 Å². The Morgan fingerprint density at radius 2 is 1.76 bits per heavy atom. The number of nitrogens with zero attached hydrogens (tertiary/aromatic N) is 3. The molecule has 2 aliphatic rings. The molecule has 33 heavy (non-hydrogen) atoms. The monoisotopic (exact) mass is 446 g/mol. The molecule has 0 saturated heterocycles. The first kappa shape index (κ1) is 20.9. The fraction of sp³-hybridized carbons (Fsp3) is 0.292. The molecule has 1 aliphatic heterocycles. The summed E-state index contributed by atoms with van der Waals surface area (Å²) in [6.45, 7) is -0.899. The Balaban J connectivity index is 1.34. The van der Waals surface area contributed by atoms with E-state index in [1.807, 2.05) is 0 Å². The smallest absolute Gasteiger partial charge is 0.326 e. The van der Waals surface area contributed by atoms with Crippen LogP contribution in [0.4, 0.5) is 11.4 Å². The highest BCUT2D eigenvalue weighted by atomic mass is 16.5. The van der Waals surface area contributed by atoms with E-state index in [-0.39, 0.29) is 18.0 Å². The lowest BCUT2D eigenvalue weighted by Gasteiger charge is -2.44. The predicted octanol–water partition coefficient (Wildman–Crippen LogP) is 2.24. The number of anilines is 2. The fourth-order valence-electron chi connectivity index (χ4n) is 4.74. The van der Waals surface area contributed by atoms with Gasteiger partial charge in [0.15, 0.2) is 6.61 Å². The second kappa shape index (κ2) is 8.16. The Morgan fingerprint density at radius 1 is 1.03 bits per heavy atom. The second-order valence-electron chi connectivity index (χ2n) is 8.29. The van der Waals surface area contributed by atoms with Gasteiger partial charge >= 0.3 is 5.97 Å². The summed E-state index contributed by atoms with van der Waals surface area (Å²) in [5, 5.41) is 3.30. The molecule has 0 unspecified atom stereocenters. The normalized spacial score (nSPS) is 16.5. The van der Waals surface area contributed by atoms with E-state index in [2.05, 4.69) is 10.3 Å². The van der Waals surface area contributed by atoms with E-state index >= 15 is 0 Å². The third kappa shape index (κ3) is 3.55. The van der Waals surface area contributed by atoms with E-state index in [0.717, 1.165) is 17.4 Å². The molecule has 1 aromatic heterocycles. The molecule has 0 radical (unpaired) electrons. The van der Waals surface area contributed by atoms with Gasteiger partial charge in [-0.1, -0.05) is 37.1 Å². The largest absolute Gasteiger partial charge is 0.454 e. The highest BCUT2D eigenvalue weighted by molar-refractivity contribution is 6.15. The molecular formula is C24H22N4O5. The van der Waals surface area contributed by atoms with Crippen molar-refractivity contribution in [1.29, 1.82) is 0 Å². The van der Waals surface area contributed by atoms with Crippen LogP contribution in [0.15, 0.2) is 59.7 Å². The van der Waals surface area contributed by atoms with Gasteiger partial charge in [-0.05, 0) is 37.1 Å². The number of rotatable bonds is 4. The Bertz CT molecular complexity index is 1330. The number of benzene rings is 2. The summed E-state index contributed by atoms with van der Waals surface area (Å²) in [5.74, 6) is -1.43. The van der Waals surface area contributed by atoms with E-state index < -0.39 is 24.0 Å². The summed E-state index contributed by atoms with van der Waals surface area (Å²) in [6, 6.07) is 13.9. The first-order valence-electron chi connectivity index (χ1n) is 10.8. The first-order chi connectivity index (χ1) is 16.0. The number of hydrogen-bond acceptors (Lipinski definition) is 6. The number of para-hydroxylation sites is 3. The number of carbonyl (C=O) groups excluding carboxylic acids is 3. The van der Waals surface area contributed by atoms with Gasteiger partial charge in [-0.15, -0.1) is 0 Å². The SMILES string of the molecule is O=C(Cn1cnc2ccccc2c1=O)OCC(=O)N1c2ccccc2NC(=O)C12CCCC2. The average molecular weight is 446 g/mol. The third-order valence-corrected chi connectivity index (χ3v) is 6.31. The summed E-state index contributed by atoms with van der Waals surface area (Å²) in [4.78, 5) is 56.9. The van der Waals surface area contributed by atoms with Crippen molar-refractivity contribution in [2.24, 2.45) is 0 Å². The van der Waals surface area contributed by atoms with E-state index in [1.54, 1.807) is 48.5 Å². The van der Waals surface area contributed by atoms with Gasteiger partial charge in [0.25, 0.3) is 17.4 Å². The Kier molecular flexibility index (Phi) is 5.16. The molecule has 3 aromatic rings. The van der Waals surface area contributed by atoms with Crippen LogP contribution >= 0.6 is 0 Å². The van der Waals surface area contributed by atoms with Crippen molar-refractivity contribution in [3.05, 3.63) is 65.2 Å². The molecule has 2 heterocycles. The van der Waals surface area contributed by atoms with Gasteiger partial charge in [-0.2, -0.15) is 0 Å². The maximum Gasteiger partial charge on any atom is 0.326 e. The number of carbonyl (C=O) groups is 3. The van der Waals surface area contributed by atoms with E-state index in [9.17, 15) is 19.2 Å². The maximum atomic E-state index is 13.3. The van der Waals surface area contributed by atoms with Gasteiger partial charge in [0, 0.05) is 0 Å². The fourth-order valence-corrected chi connectivity index (χ4v) is 4.74. The van der Waals surface area contributed by atoms with E-state index in [4.69, 9.17) is 4.74 Å². The molecule has 9 heteroatoms. The lowest BCUT2D eigenvalue weighted by molar-refractivity contribution is -0.149. The Hall–Kier alpha value is -4.01. The number of hydrogen-bond donors (Lipinski definition) is 1. The van der Waals surface area contributed by atoms with Crippen LogP contribution in [0.2, 0.25) is 0 Å². The molecule has 5 rings (SSSR count). The second-order valence-corrected chi connectivity index (χ2v) is 8.29. The summed E-state index contributed by atoms with van der Waals surface area (Å²) in [6.07, 6.45) is 4.04. The minimum atomic E-state index is -0.975. The number of aromatic nitrogens is 2. The summed E-state index contributed by atoms with van der Waals surface area (Å²) < 4.78 is 6.38. The van der Waals surface area contributed by atoms with Crippen molar-refractivity contribution in [2.75, 3.05) is 16.8 Å². The minimum absolute atomic E-state index is 0.216. The van der Waals surface area contributed by atoms with Crippen LogP contribution in [0.5, 0.6) is 0 Å². The average Bonchev–Trinajstić information content (AvgIpc) is 3.31. The van der Waals surface area contributed by atoms with Crippen molar-refractivity contribution in [3.8, 4) is 0 Å². The predicted molar refractivity (Wildman–Crippen MR) is 121 cm³/mol. The number of fused-ring (bicyclic) bond motifs is 2. The topological polar surface area (TPSA) is 111 Å². The Morgan fingerprint density at radius 3 is 2.58 bits per heavy atom. The quantitative estimate of drug-likeness (QED) is 0.616. The van der Waals surface area contributed by atoms with Crippen LogP contribution in [0, 0.1) is 0 Å². The van der Waals surface area contributed by atoms with Crippen molar-refractivity contribution < 1.29 is 19.1 Å². The minimum Gasteiger partial charge on any atom is -0.454 e. The molecule has 0 bridgehead atoms. The molecule has 9 nitrogen and oxygen atoms in total. The third-order valence-electron chi connectivity index (χ3n) is 6.31. The van der Waals surface area contributed by atoms with Crippen molar-refractivity contribution in [1.82, 2.24) is 9.55 Å². The number of ether oxygens (including phenoxy) is 1. The van der Waals surface area contributed by atoms with Gasteiger partial charge in [0.05, 0.1) is 28.6 Å². The molecular weight excluding hydrogens is 424 g/mol. The van der Waals surface area contributed by atoms with Crippen LogP contribution in [0.25, 0.3) is 10.9 Å². The van der Waals surface area contributed by atoms with E-state index in [0.29, 0.717) is 35.1 Å². The zero-order valence-electron chi connectivity index (χ0n) is 17.8. The van der Waals surface area contributed by atoms with Gasteiger partial charge < -0.3 is 10.1 Å². The van der Waals surface area contributed by atoms with Gasteiger partial charge in [-0.3, -0.25) is 28.6 Å². The molecule has 1 spiro atoms. The summed E-state index contributed by atoms with van der Waals surface area (Å²) >= 11 is 0. The van der Waals surface area contributed by atoms with Gasteiger partial charge in [0.1, 0.15) is 12.1 Å². The number of esters is 1. The van der Waals surface area contributed by atoms with Gasteiger partial charge in [0.2, 0.25) is 0 Å².